The molecule has 1 unspecified atom stereocenters. The van der Waals surface area contributed by atoms with E-state index in [9.17, 15) is 26.8 Å². The summed E-state index contributed by atoms with van der Waals surface area (Å²) in [6, 6.07) is 14.9. The quantitative estimate of drug-likeness (QED) is 0.325. The van der Waals surface area contributed by atoms with Gasteiger partial charge in [-0.1, -0.05) is 35.9 Å². The van der Waals surface area contributed by atoms with Crippen LogP contribution in [-0.2, 0) is 21.5 Å². The van der Waals surface area contributed by atoms with E-state index in [0.29, 0.717) is 0 Å². The van der Waals surface area contributed by atoms with Crippen molar-refractivity contribution in [3.05, 3.63) is 88.2 Å². The van der Waals surface area contributed by atoms with E-state index >= 15 is 0 Å². The summed E-state index contributed by atoms with van der Waals surface area (Å²) in [7, 11) is -2.85. The van der Waals surface area contributed by atoms with Crippen molar-refractivity contribution in [2.45, 2.75) is 30.7 Å². The molecule has 0 spiro atoms. The molecule has 5 rings (SSSR count). The maximum absolute atomic E-state index is 13.4. The first kappa shape index (κ1) is 26.3. The van der Waals surface area contributed by atoms with E-state index in [4.69, 9.17) is 4.18 Å². The van der Waals surface area contributed by atoms with E-state index in [1.54, 1.807) is 31.2 Å². The molecular weight excluding hydrogens is 536 g/mol. The Morgan fingerprint density at radius 1 is 1.05 bits per heavy atom. The number of rotatable bonds is 8. The topological polar surface area (TPSA) is 126 Å². The van der Waals surface area contributed by atoms with Gasteiger partial charge < -0.3 is 19.0 Å². The Bertz CT molecular complexity index is 1760. The monoisotopic (exact) mass is 557 g/mol. The van der Waals surface area contributed by atoms with Crippen LogP contribution in [0.3, 0.4) is 0 Å². The molecule has 1 aliphatic heterocycles. The molecule has 3 aromatic carbocycles. The van der Waals surface area contributed by atoms with Gasteiger partial charge in [0.2, 0.25) is 0 Å². The summed E-state index contributed by atoms with van der Waals surface area (Å²) in [5.74, 6) is -1.39. The van der Waals surface area contributed by atoms with Gasteiger partial charge in [-0.25, -0.2) is 4.68 Å². The normalized spacial score (nSPS) is 14.8. The minimum absolute atomic E-state index is 0.0840. The van der Waals surface area contributed by atoms with Crippen LogP contribution in [-0.4, -0.2) is 37.3 Å². The predicted molar refractivity (Wildman–Crippen MR) is 134 cm³/mol. The van der Waals surface area contributed by atoms with Crippen LogP contribution in [0.4, 0.5) is 8.78 Å². The van der Waals surface area contributed by atoms with Crippen molar-refractivity contribution in [2.24, 2.45) is 0 Å². The number of ketones is 1. The molecule has 10 nitrogen and oxygen atoms in total. The zero-order valence-electron chi connectivity index (χ0n) is 20.6. The van der Waals surface area contributed by atoms with E-state index in [0.717, 1.165) is 10.2 Å². The third-order valence-corrected chi connectivity index (χ3v) is 7.23. The van der Waals surface area contributed by atoms with E-state index < -0.39 is 40.3 Å². The van der Waals surface area contributed by atoms with Gasteiger partial charge in [0, 0.05) is 0 Å². The summed E-state index contributed by atoms with van der Waals surface area (Å²) in [4.78, 5) is 26.3. The smallest absolute Gasteiger partial charge is 0.395 e. The number of ether oxygens (including phenoxy) is 2. The molecule has 1 aromatic heterocycles. The van der Waals surface area contributed by atoms with Crippen molar-refractivity contribution in [1.82, 2.24) is 15.1 Å². The van der Waals surface area contributed by atoms with Crippen molar-refractivity contribution in [3.8, 4) is 17.4 Å². The van der Waals surface area contributed by atoms with Crippen LogP contribution in [0.15, 0.2) is 76.4 Å². The maximum atomic E-state index is 13.4. The molecule has 1 aliphatic rings. The minimum Gasteiger partial charge on any atom is -0.395 e. The van der Waals surface area contributed by atoms with Gasteiger partial charge >= 0.3 is 16.4 Å². The summed E-state index contributed by atoms with van der Waals surface area (Å²) >= 11 is 0. The number of halogens is 2. The predicted octanol–water partition coefficient (Wildman–Crippen LogP) is 3.32. The summed E-state index contributed by atoms with van der Waals surface area (Å²) in [6.07, 6.45) is -3.82. The molecule has 202 valence electrons. The second-order valence-electron chi connectivity index (χ2n) is 8.73. The summed E-state index contributed by atoms with van der Waals surface area (Å²) in [5.41, 5.74) is 0.467. The van der Waals surface area contributed by atoms with Crippen LogP contribution >= 0.6 is 0 Å². The third-order valence-electron chi connectivity index (χ3n) is 6.01. The third kappa shape index (κ3) is 5.18. The molecule has 0 aliphatic carbocycles. The average Bonchev–Trinajstić information content (AvgIpc) is 3.20. The first-order valence-electron chi connectivity index (χ1n) is 11.6. The summed E-state index contributed by atoms with van der Waals surface area (Å²) in [6.45, 7) is 1.22. The molecular formula is C26H21F2N3O7S. The number of aromatic nitrogens is 2. The molecule has 4 aromatic rings. The van der Waals surface area contributed by atoms with Gasteiger partial charge in [-0.3, -0.25) is 9.59 Å². The number of benzene rings is 3. The molecule has 0 bridgehead atoms. The average molecular weight is 558 g/mol. The van der Waals surface area contributed by atoms with Crippen LogP contribution in [0.1, 0.15) is 17.2 Å². The lowest BCUT2D eigenvalue weighted by molar-refractivity contribution is -0.286. The highest BCUT2D eigenvalue weighted by atomic mass is 32.2. The van der Waals surface area contributed by atoms with Crippen molar-refractivity contribution in [2.75, 3.05) is 7.05 Å². The van der Waals surface area contributed by atoms with Gasteiger partial charge in [0.15, 0.2) is 17.3 Å². The van der Waals surface area contributed by atoms with Gasteiger partial charge in [0.25, 0.3) is 11.4 Å². The number of hydrogen-bond acceptors (Lipinski definition) is 9. The molecule has 39 heavy (non-hydrogen) atoms. The van der Waals surface area contributed by atoms with Crippen molar-refractivity contribution >= 4 is 26.7 Å². The standard InChI is InChI=1S/C26H21F2N3O7S/c1-15-7-10-17(11-8-15)39(34,35)38-24-18-5-3-4-6-19(18)25(33)31(30-24)14-20(32)23(29-2)16-9-12-21-22(13-16)37-26(27,28)36-21/h3-13,23,29H,14H2,1-2H3. The van der Waals surface area contributed by atoms with Gasteiger partial charge in [-0.15, -0.1) is 13.9 Å². The number of hydrogen-bond donors (Lipinski definition) is 1. The fraction of sp³-hybridized carbons (Fsp3) is 0.192. The van der Waals surface area contributed by atoms with E-state index in [1.807, 2.05) is 0 Å². The van der Waals surface area contributed by atoms with E-state index in [-0.39, 0.29) is 38.6 Å². The molecule has 0 radical (unpaired) electrons. The molecule has 1 N–H and O–H groups in total. The van der Waals surface area contributed by atoms with E-state index in [1.165, 1.54) is 49.5 Å². The summed E-state index contributed by atoms with van der Waals surface area (Å²) < 4.78 is 67.7. The van der Waals surface area contributed by atoms with Crippen molar-refractivity contribution in [3.63, 3.8) is 0 Å². The van der Waals surface area contributed by atoms with Crippen molar-refractivity contribution in [1.29, 1.82) is 0 Å². The number of alkyl halides is 2. The second-order valence-corrected chi connectivity index (χ2v) is 10.3. The number of aryl methyl sites for hydroxylation is 1. The Labute approximate surface area is 220 Å². The van der Waals surface area contributed by atoms with Gasteiger partial charge in [-0.05, 0) is 55.9 Å². The van der Waals surface area contributed by atoms with Crippen LogP contribution in [0.5, 0.6) is 17.4 Å². The van der Waals surface area contributed by atoms with Crippen LogP contribution < -0.4 is 24.5 Å². The Morgan fingerprint density at radius 2 is 1.72 bits per heavy atom. The molecule has 0 saturated heterocycles. The number of fused-ring (bicyclic) bond motifs is 2. The van der Waals surface area contributed by atoms with E-state index in [2.05, 4.69) is 19.9 Å². The number of carbonyl (C=O) groups excluding carboxylic acids is 1. The highest BCUT2D eigenvalue weighted by molar-refractivity contribution is 7.87. The van der Waals surface area contributed by atoms with Crippen LogP contribution in [0, 0.1) is 6.92 Å². The van der Waals surface area contributed by atoms with Crippen molar-refractivity contribution < 1.29 is 35.6 Å². The zero-order valence-corrected chi connectivity index (χ0v) is 21.4. The number of Topliss-reactive ketones (excluding diaryl/α,β-unsaturated/α-hetero) is 1. The second kappa shape index (κ2) is 9.75. The first-order valence-corrected chi connectivity index (χ1v) is 13.0. The Morgan fingerprint density at radius 3 is 2.41 bits per heavy atom. The number of nitrogens with one attached hydrogen (secondary N) is 1. The fourth-order valence-corrected chi connectivity index (χ4v) is 5.02. The SMILES string of the molecule is CNC(C(=O)Cn1nc(OS(=O)(=O)c2ccc(C)cc2)c2ccccc2c1=O)c1ccc2c(c1)OC(F)(F)O2. The highest BCUT2D eigenvalue weighted by Gasteiger charge is 2.43. The number of likely N-dealkylation sites (N-methyl/N-ethyl adjacent to an activating group) is 1. The molecule has 2 heterocycles. The number of carbonyl (C=O) groups is 1. The lowest BCUT2D eigenvalue weighted by Gasteiger charge is -2.17. The maximum Gasteiger partial charge on any atom is 0.586 e. The van der Waals surface area contributed by atoms with Crippen LogP contribution in [0.25, 0.3) is 10.8 Å². The minimum atomic E-state index is -4.32. The largest absolute Gasteiger partial charge is 0.586 e. The first-order chi connectivity index (χ1) is 18.5. The lowest BCUT2D eigenvalue weighted by Crippen LogP contribution is -2.34. The molecule has 1 atom stereocenters. The Hall–Kier alpha value is -4.36. The zero-order chi connectivity index (χ0) is 27.9. The summed E-state index contributed by atoms with van der Waals surface area (Å²) in [5, 5.41) is 7.07. The fourth-order valence-electron chi connectivity index (χ4n) is 4.13. The highest BCUT2D eigenvalue weighted by Crippen LogP contribution is 2.42. The lowest BCUT2D eigenvalue weighted by atomic mass is 10.0. The molecule has 0 amide bonds. The number of nitrogens with zero attached hydrogens (tertiary/aromatic N) is 2. The van der Waals surface area contributed by atoms with Gasteiger partial charge in [0.05, 0.1) is 16.8 Å². The molecule has 0 saturated carbocycles. The Balaban J connectivity index is 1.49. The Kier molecular flexibility index (Phi) is 6.56. The molecule has 0 fully saturated rings. The van der Waals surface area contributed by atoms with Gasteiger partial charge in [0.1, 0.15) is 11.4 Å². The van der Waals surface area contributed by atoms with Gasteiger partial charge in [-0.2, -0.15) is 8.42 Å². The van der Waals surface area contributed by atoms with Crippen LogP contribution in [0.2, 0.25) is 0 Å². The molecule has 13 heteroatoms.